The summed E-state index contributed by atoms with van der Waals surface area (Å²) >= 11 is 0. The number of halogens is 1. The molecule has 1 aliphatic rings. The third-order valence-corrected chi connectivity index (χ3v) is 7.43. The fraction of sp³-hybridized carbons (Fsp3) is 0.167. The Morgan fingerprint density at radius 3 is 2.62 bits per heavy atom. The molecule has 1 aliphatic carbocycles. The summed E-state index contributed by atoms with van der Waals surface area (Å²) in [5.41, 5.74) is 6.29. The number of rotatable bonds is 5. The van der Waals surface area contributed by atoms with Gasteiger partial charge in [-0.1, -0.05) is 31.0 Å². The Hall–Kier alpha value is -4.92. The van der Waals surface area contributed by atoms with Gasteiger partial charge >= 0.3 is 0 Å². The highest BCUT2D eigenvalue weighted by Gasteiger charge is 2.23. The van der Waals surface area contributed by atoms with Crippen molar-refractivity contribution >= 4 is 33.7 Å². The van der Waals surface area contributed by atoms with Crippen LogP contribution in [0.3, 0.4) is 0 Å². The number of amides is 1. The van der Waals surface area contributed by atoms with Gasteiger partial charge in [0.2, 0.25) is 5.91 Å². The Morgan fingerprint density at radius 1 is 0.897 bits per heavy atom. The fourth-order valence-electron chi connectivity index (χ4n) is 5.43. The van der Waals surface area contributed by atoms with E-state index in [-0.39, 0.29) is 17.6 Å². The topological polar surface area (TPSA) is 112 Å². The molecule has 192 valence electrons. The highest BCUT2D eigenvalue weighted by Crippen LogP contribution is 2.35. The normalized spacial score (nSPS) is 13.9. The number of pyridine rings is 3. The van der Waals surface area contributed by atoms with Crippen LogP contribution in [0.2, 0.25) is 0 Å². The van der Waals surface area contributed by atoms with E-state index in [2.05, 4.69) is 35.5 Å². The second kappa shape index (κ2) is 9.43. The van der Waals surface area contributed by atoms with E-state index in [0.29, 0.717) is 28.2 Å². The number of aromatic amines is 2. The lowest BCUT2D eigenvalue weighted by Gasteiger charge is -2.11. The van der Waals surface area contributed by atoms with Gasteiger partial charge in [0.1, 0.15) is 17.2 Å². The maximum atomic E-state index is 14.6. The molecule has 0 unspecified atom stereocenters. The maximum Gasteiger partial charge on any atom is 0.227 e. The zero-order valence-electron chi connectivity index (χ0n) is 20.9. The Balaban J connectivity index is 1.25. The minimum absolute atomic E-state index is 0.0549. The first kappa shape index (κ1) is 23.2. The van der Waals surface area contributed by atoms with Crippen LogP contribution < -0.4 is 5.32 Å². The monoisotopic (exact) mass is 517 g/mol. The van der Waals surface area contributed by atoms with Gasteiger partial charge in [-0.3, -0.25) is 14.9 Å². The Kier molecular flexibility index (Phi) is 5.61. The zero-order chi connectivity index (χ0) is 26.3. The number of nitrogens with zero attached hydrogens (tertiary/aromatic N) is 4. The average Bonchev–Trinajstić information content (AvgIpc) is 3.73. The van der Waals surface area contributed by atoms with Crippen molar-refractivity contribution in [2.75, 3.05) is 5.32 Å². The van der Waals surface area contributed by atoms with Crippen LogP contribution in [0.25, 0.3) is 55.7 Å². The van der Waals surface area contributed by atoms with Crippen LogP contribution in [-0.4, -0.2) is 36.0 Å². The fourth-order valence-corrected chi connectivity index (χ4v) is 5.43. The SMILES string of the molecule is O=C(Nc1cncc(-c2cnc3[nH]nc(-c4cc5c(-c6ccccc6F)ccnc5[nH]4)c3c2)c1)C1CCCC1. The highest BCUT2D eigenvalue weighted by molar-refractivity contribution is 6.00. The van der Waals surface area contributed by atoms with Gasteiger partial charge in [0.15, 0.2) is 5.65 Å². The number of hydrogen-bond donors (Lipinski definition) is 3. The van der Waals surface area contributed by atoms with Crippen molar-refractivity contribution in [2.24, 2.45) is 5.92 Å². The molecule has 1 saturated carbocycles. The molecule has 0 saturated heterocycles. The summed E-state index contributed by atoms with van der Waals surface area (Å²) in [6.45, 7) is 0. The predicted octanol–water partition coefficient (Wildman–Crippen LogP) is 6.50. The first-order chi connectivity index (χ1) is 19.1. The maximum absolute atomic E-state index is 14.6. The zero-order valence-corrected chi connectivity index (χ0v) is 20.9. The van der Waals surface area contributed by atoms with Crippen molar-refractivity contribution in [2.45, 2.75) is 25.7 Å². The van der Waals surface area contributed by atoms with E-state index in [4.69, 9.17) is 0 Å². The molecule has 0 atom stereocenters. The number of aromatic nitrogens is 6. The van der Waals surface area contributed by atoms with E-state index in [0.717, 1.165) is 58.8 Å². The molecule has 1 fully saturated rings. The van der Waals surface area contributed by atoms with Gasteiger partial charge in [0.25, 0.3) is 0 Å². The molecule has 0 bridgehead atoms. The molecule has 5 heterocycles. The van der Waals surface area contributed by atoms with E-state index in [1.807, 2.05) is 30.3 Å². The largest absolute Gasteiger partial charge is 0.338 e. The number of H-pyrrole nitrogens is 2. The third kappa shape index (κ3) is 4.21. The highest BCUT2D eigenvalue weighted by atomic mass is 19.1. The summed E-state index contributed by atoms with van der Waals surface area (Å²) in [5, 5.41) is 12.2. The standard InChI is InChI=1S/C30H24FN7O/c31-25-8-4-3-7-22(25)21-9-10-33-28-23(21)13-26(36-28)27-24-12-19(15-34-29(24)38-37-27)18-11-20(16-32-14-18)35-30(39)17-5-1-2-6-17/h3-4,7-17H,1-2,5-6H2,(H,33,36)(H,35,39)(H,34,37,38). The van der Waals surface area contributed by atoms with Crippen LogP contribution in [0.4, 0.5) is 10.1 Å². The van der Waals surface area contributed by atoms with E-state index in [1.54, 1.807) is 36.9 Å². The number of carbonyl (C=O) groups excluding carboxylic acids is 1. The molecule has 9 heteroatoms. The molecular formula is C30H24FN7O. The lowest BCUT2D eigenvalue weighted by Crippen LogP contribution is -2.20. The summed E-state index contributed by atoms with van der Waals surface area (Å²) in [5.74, 6) is -0.161. The Labute approximate surface area is 222 Å². The third-order valence-electron chi connectivity index (χ3n) is 7.43. The number of hydrogen-bond acceptors (Lipinski definition) is 5. The van der Waals surface area contributed by atoms with Gasteiger partial charge in [0, 0.05) is 52.0 Å². The summed E-state index contributed by atoms with van der Waals surface area (Å²) in [7, 11) is 0. The number of nitrogens with one attached hydrogen (secondary N) is 3. The number of anilines is 1. The molecule has 39 heavy (non-hydrogen) atoms. The predicted molar refractivity (Wildman–Crippen MR) is 148 cm³/mol. The number of fused-ring (bicyclic) bond motifs is 2. The van der Waals surface area contributed by atoms with Gasteiger partial charge in [0.05, 0.1) is 17.6 Å². The molecule has 5 aromatic heterocycles. The second-order valence-corrected chi connectivity index (χ2v) is 9.91. The molecule has 3 N–H and O–H groups in total. The van der Waals surface area contributed by atoms with Gasteiger partial charge in [-0.15, -0.1) is 0 Å². The number of benzene rings is 1. The van der Waals surface area contributed by atoms with Crippen LogP contribution >= 0.6 is 0 Å². The molecule has 1 aromatic carbocycles. The van der Waals surface area contributed by atoms with Gasteiger partial charge < -0.3 is 10.3 Å². The quantitative estimate of drug-likeness (QED) is 0.242. The van der Waals surface area contributed by atoms with Crippen LogP contribution in [0, 0.1) is 11.7 Å². The minimum Gasteiger partial charge on any atom is -0.338 e. The summed E-state index contributed by atoms with van der Waals surface area (Å²) in [6.07, 6.45) is 10.9. The lowest BCUT2D eigenvalue weighted by molar-refractivity contribution is -0.119. The van der Waals surface area contributed by atoms with Crippen molar-refractivity contribution in [3.8, 4) is 33.6 Å². The van der Waals surface area contributed by atoms with Crippen molar-refractivity contribution in [1.29, 1.82) is 0 Å². The first-order valence-electron chi connectivity index (χ1n) is 13.0. The van der Waals surface area contributed by atoms with Gasteiger partial charge in [-0.25, -0.2) is 14.4 Å². The number of carbonyl (C=O) groups is 1. The Bertz CT molecular complexity index is 1850. The average molecular weight is 518 g/mol. The van der Waals surface area contributed by atoms with Crippen LogP contribution in [0.5, 0.6) is 0 Å². The van der Waals surface area contributed by atoms with Crippen molar-refractivity contribution in [3.63, 3.8) is 0 Å². The Morgan fingerprint density at radius 2 is 1.74 bits per heavy atom. The molecule has 7 rings (SSSR count). The van der Waals surface area contributed by atoms with E-state index >= 15 is 0 Å². The minimum atomic E-state index is -0.290. The van der Waals surface area contributed by atoms with E-state index in [9.17, 15) is 9.18 Å². The van der Waals surface area contributed by atoms with Crippen LogP contribution in [0.1, 0.15) is 25.7 Å². The summed E-state index contributed by atoms with van der Waals surface area (Å²) < 4.78 is 14.6. The molecule has 1 amide bonds. The van der Waals surface area contributed by atoms with Crippen LogP contribution in [-0.2, 0) is 4.79 Å². The molecule has 0 radical (unpaired) electrons. The molecule has 6 aromatic rings. The van der Waals surface area contributed by atoms with Crippen molar-refractivity contribution in [3.05, 3.63) is 79.1 Å². The molecule has 0 aliphatic heterocycles. The summed E-state index contributed by atoms with van der Waals surface area (Å²) in [6, 6.07) is 14.4. The van der Waals surface area contributed by atoms with E-state index in [1.165, 1.54) is 6.07 Å². The van der Waals surface area contributed by atoms with Gasteiger partial charge in [-0.05, 0) is 48.7 Å². The van der Waals surface area contributed by atoms with Crippen molar-refractivity contribution < 1.29 is 9.18 Å². The molecule has 0 spiro atoms. The molecular weight excluding hydrogens is 493 g/mol. The van der Waals surface area contributed by atoms with E-state index < -0.39 is 0 Å². The smallest absolute Gasteiger partial charge is 0.227 e. The lowest BCUT2D eigenvalue weighted by atomic mass is 10.0. The molecule has 8 nitrogen and oxygen atoms in total. The van der Waals surface area contributed by atoms with Crippen molar-refractivity contribution in [1.82, 2.24) is 30.1 Å². The summed E-state index contributed by atoms with van der Waals surface area (Å²) in [4.78, 5) is 29.3. The van der Waals surface area contributed by atoms with Gasteiger partial charge in [-0.2, -0.15) is 5.10 Å². The second-order valence-electron chi connectivity index (χ2n) is 9.91. The first-order valence-corrected chi connectivity index (χ1v) is 13.0. The van der Waals surface area contributed by atoms with Crippen LogP contribution in [0.15, 0.2) is 73.3 Å².